The van der Waals surface area contributed by atoms with E-state index in [0.29, 0.717) is 24.4 Å². The van der Waals surface area contributed by atoms with Crippen LogP contribution in [0, 0.1) is 4.91 Å². The van der Waals surface area contributed by atoms with Gasteiger partial charge >= 0.3 is 0 Å². The van der Waals surface area contributed by atoms with Gasteiger partial charge in [0, 0.05) is 48.7 Å². The summed E-state index contributed by atoms with van der Waals surface area (Å²) >= 11 is 0. The SMILES string of the molecule is CC(C)N(CCNC(=O)c1cc(-c2ccncc2)c(-c2ccc3c(c2)CCC3N=O)o1)C(C)C. The summed E-state index contributed by atoms with van der Waals surface area (Å²) in [6.45, 7) is 9.94. The molecule has 0 aliphatic heterocycles. The zero-order valence-electron chi connectivity index (χ0n) is 20.2. The van der Waals surface area contributed by atoms with Gasteiger partial charge in [-0.3, -0.25) is 14.7 Å². The molecule has 0 spiro atoms. The number of amides is 1. The van der Waals surface area contributed by atoms with Crippen LogP contribution in [0.15, 0.2) is 58.4 Å². The van der Waals surface area contributed by atoms with Crippen molar-refractivity contribution in [3.05, 3.63) is 70.6 Å². The lowest BCUT2D eigenvalue weighted by Crippen LogP contribution is -2.42. The van der Waals surface area contributed by atoms with Crippen LogP contribution >= 0.6 is 0 Å². The minimum Gasteiger partial charge on any atom is -0.450 e. The van der Waals surface area contributed by atoms with E-state index in [4.69, 9.17) is 4.42 Å². The fourth-order valence-electron chi connectivity index (χ4n) is 4.81. The molecule has 1 aliphatic carbocycles. The molecule has 0 bridgehead atoms. The van der Waals surface area contributed by atoms with Crippen LogP contribution in [0.25, 0.3) is 22.5 Å². The minimum atomic E-state index is -0.280. The van der Waals surface area contributed by atoms with Gasteiger partial charge in [-0.15, -0.1) is 0 Å². The molecule has 0 saturated carbocycles. The molecule has 0 fully saturated rings. The molecule has 1 unspecified atom stereocenters. The number of aromatic nitrogens is 1. The molecule has 1 amide bonds. The average Bonchev–Trinajstić information content (AvgIpc) is 3.46. The lowest BCUT2D eigenvalue weighted by Gasteiger charge is -2.30. The van der Waals surface area contributed by atoms with E-state index in [9.17, 15) is 9.70 Å². The Morgan fingerprint density at radius 3 is 2.53 bits per heavy atom. The molecule has 34 heavy (non-hydrogen) atoms. The van der Waals surface area contributed by atoms with Crippen molar-refractivity contribution in [2.45, 2.75) is 58.7 Å². The fraction of sp³-hybridized carbons (Fsp3) is 0.407. The Balaban J connectivity index is 1.61. The summed E-state index contributed by atoms with van der Waals surface area (Å²) < 4.78 is 6.15. The van der Waals surface area contributed by atoms with E-state index in [0.717, 1.165) is 47.2 Å². The molecule has 0 radical (unpaired) electrons. The van der Waals surface area contributed by atoms with Crippen molar-refractivity contribution in [1.29, 1.82) is 0 Å². The number of aryl methyl sites for hydroxylation is 1. The maximum Gasteiger partial charge on any atom is 0.287 e. The standard InChI is InChI=1S/C27H32N4O3/c1-17(2)31(18(3)4)14-13-29-27(32)25-16-23(19-9-11-28-12-10-19)26(34-25)21-5-7-22-20(15-21)6-8-24(22)30-33/h5,7,9-12,15-18,24H,6,8,13-14H2,1-4H3,(H,29,32). The van der Waals surface area contributed by atoms with Gasteiger partial charge in [0.1, 0.15) is 11.8 Å². The van der Waals surface area contributed by atoms with Crippen molar-refractivity contribution in [3.63, 3.8) is 0 Å². The second kappa shape index (κ2) is 10.3. The van der Waals surface area contributed by atoms with E-state index >= 15 is 0 Å². The van der Waals surface area contributed by atoms with Crippen molar-refractivity contribution in [2.75, 3.05) is 13.1 Å². The summed E-state index contributed by atoms with van der Waals surface area (Å²) in [5.74, 6) is 0.670. The number of nitroso groups, excluding NO2 is 1. The van der Waals surface area contributed by atoms with E-state index in [-0.39, 0.29) is 17.7 Å². The Kier molecular flexibility index (Phi) is 7.22. The van der Waals surface area contributed by atoms with E-state index in [2.05, 4.69) is 54.1 Å². The molecule has 4 rings (SSSR count). The van der Waals surface area contributed by atoms with Crippen LogP contribution in [-0.2, 0) is 6.42 Å². The van der Waals surface area contributed by atoms with Gasteiger partial charge in [-0.2, -0.15) is 4.91 Å². The van der Waals surface area contributed by atoms with E-state index in [1.54, 1.807) is 18.5 Å². The predicted octanol–water partition coefficient (Wildman–Crippen LogP) is 5.61. The van der Waals surface area contributed by atoms with E-state index < -0.39 is 0 Å². The molecule has 1 atom stereocenters. The van der Waals surface area contributed by atoms with E-state index in [1.165, 1.54) is 0 Å². The third-order valence-electron chi connectivity index (χ3n) is 6.51. The van der Waals surface area contributed by atoms with Crippen LogP contribution in [0.5, 0.6) is 0 Å². The highest BCUT2D eigenvalue weighted by Gasteiger charge is 2.25. The first-order valence-electron chi connectivity index (χ1n) is 11.9. The Hall–Kier alpha value is -3.32. The number of pyridine rings is 1. The first kappa shape index (κ1) is 23.8. The molecule has 0 saturated heterocycles. The lowest BCUT2D eigenvalue weighted by atomic mass is 9.99. The van der Waals surface area contributed by atoms with Crippen molar-refractivity contribution in [3.8, 4) is 22.5 Å². The maximum absolute atomic E-state index is 13.0. The summed E-state index contributed by atoms with van der Waals surface area (Å²) in [6.07, 6.45) is 4.98. The summed E-state index contributed by atoms with van der Waals surface area (Å²) in [4.78, 5) is 30.5. The highest BCUT2D eigenvalue weighted by molar-refractivity contribution is 5.95. The monoisotopic (exact) mass is 460 g/mol. The molecule has 1 aromatic carbocycles. The Labute approximate surface area is 200 Å². The number of carbonyl (C=O) groups excluding carboxylic acids is 1. The van der Waals surface area contributed by atoms with Gasteiger partial charge < -0.3 is 9.73 Å². The topological polar surface area (TPSA) is 87.8 Å². The first-order chi connectivity index (χ1) is 16.4. The van der Waals surface area contributed by atoms with Crippen molar-refractivity contribution in [1.82, 2.24) is 15.2 Å². The molecule has 1 aliphatic rings. The number of benzene rings is 1. The lowest BCUT2D eigenvalue weighted by molar-refractivity contribution is 0.0913. The minimum absolute atomic E-state index is 0.236. The normalized spacial score (nSPS) is 15.2. The molecule has 3 aromatic rings. The maximum atomic E-state index is 13.0. The Bertz CT molecular complexity index is 1150. The third-order valence-corrected chi connectivity index (χ3v) is 6.51. The molecule has 7 nitrogen and oxygen atoms in total. The summed E-state index contributed by atoms with van der Waals surface area (Å²) in [6, 6.07) is 12.1. The Morgan fingerprint density at radius 2 is 1.85 bits per heavy atom. The molecular formula is C27H32N4O3. The van der Waals surface area contributed by atoms with Gasteiger partial charge in [-0.25, -0.2) is 0 Å². The third kappa shape index (κ3) is 4.94. The van der Waals surface area contributed by atoms with E-state index in [1.807, 2.05) is 24.3 Å². The number of fused-ring (bicyclic) bond motifs is 1. The van der Waals surface area contributed by atoms with Crippen molar-refractivity contribution >= 4 is 5.91 Å². The number of nitrogens with zero attached hydrogens (tertiary/aromatic N) is 3. The molecule has 2 aromatic heterocycles. The Morgan fingerprint density at radius 1 is 1.12 bits per heavy atom. The van der Waals surface area contributed by atoms with Gasteiger partial charge in [-0.1, -0.05) is 17.3 Å². The van der Waals surface area contributed by atoms with Crippen LogP contribution in [0.1, 0.15) is 61.8 Å². The van der Waals surface area contributed by atoms with Gasteiger partial charge in [0.2, 0.25) is 0 Å². The molecule has 2 heterocycles. The van der Waals surface area contributed by atoms with Gasteiger partial charge in [0.15, 0.2) is 5.76 Å². The molecular weight excluding hydrogens is 428 g/mol. The van der Waals surface area contributed by atoms with Crippen LogP contribution in [0.3, 0.4) is 0 Å². The predicted molar refractivity (Wildman–Crippen MR) is 134 cm³/mol. The molecule has 1 N–H and O–H groups in total. The van der Waals surface area contributed by atoms with Crippen LogP contribution in [-0.4, -0.2) is 41.0 Å². The highest BCUT2D eigenvalue weighted by atomic mass is 16.4. The smallest absolute Gasteiger partial charge is 0.287 e. The molecule has 7 heteroatoms. The molecule has 178 valence electrons. The summed E-state index contributed by atoms with van der Waals surface area (Å²) in [5.41, 5.74) is 4.72. The number of hydrogen-bond acceptors (Lipinski definition) is 6. The van der Waals surface area contributed by atoms with Crippen LogP contribution in [0.2, 0.25) is 0 Å². The average molecular weight is 461 g/mol. The zero-order valence-corrected chi connectivity index (χ0v) is 20.2. The summed E-state index contributed by atoms with van der Waals surface area (Å²) in [5, 5.41) is 6.25. The second-order valence-electron chi connectivity index (χ2n) is 9.34. The number of hydrogen-bond donors (Lipinski definition) is 1. The number of furan rings is 1. The largest absolute Gasteiger partial charge is 0.450 e. The van der Waals surface area contributed by atoms with Crippen molar-refractivity contribution in [2.24, 2.45) is 5.18 Å². The van der Waals surface area contributed by atoms with Gasteiger partial charge in [0.05, 0.1) is 0 Å². The van der Waals surface area contributed by atoms with Gasteiger partial charge in [-0.05, 0) is 81.5 Å². The summed E-state index contributed by atoms with van der Waals surface area (Å²) in [7, 11) is 0. The zero-order chi connectivity index (χ0) is 24.2. The van der Waals surface area contributed by atoms with Crippen LogP contribution < -0.4 is 5.32 Å². The number of rotatable bonds is 9. The highest BCUT2D eigenvalue weighted by Crippen LogP contribution is 2.40. The quantitative estimate of drug-likeness (QED) is 0.419. The number of nitrogens with one attached hydrogen (secondary N) is 1. The first-order valence-corrected chi connectivity index (χ1v) is 11.9. The second-order valence-corrected chi connectivity index (χ2v) is 9.34. The fourth-order valence-corrected chi connectivity index (χ4v) is 4.81. The van der Waals surface area contributed by atoms with Gasteiger partial charge in [0.25, 0.3) is 5.91 Å². The van der Waals surface area contributed by atoms with Crippen LogP contribution in [0.4, 0.5) is 0 Å². The number of carbonyl (C=O) groups is 1. The van der Waals surface area contributed by atoms with Crippen molar-refractivity contribution < 1.29 is 9.21 Å².